The van der Waals surface area contributed by atoms with Crippen molar-refractivity contribution in [1.82, 2.24) is 0 Å². The Morgan fingerprint density at radius 2 is 1.68 bits per heavy atom. The summed E-state index contributed by atoms with van der Waals surface area (Å²) in [6.07, 6.45) is 18.4. The third-order valence-electron chi connectivity index (χ3n) is 7.14. The molecule has 0 spiro atoms. The van der Waals surface area contributed by atoms with Gasteiger partial charge in [0.15, 0.2) is 0 Å². The number of hydrogen-bond donors (Lipinski definition) is 0. The van der Waals surface area contributed by atoms with Crippen molar-refractivity contribution in [3.8, 4) is 0 Å². The molecule has 0 aliphatic heterocycles. The largest absolute Gasteiger partial charge is 0.0859 e. The minimum absolute atomic E-state index is 0.525. The molecule has 3 unspecified atom stereocenters. The van der Waals surface area contributed by atoms with E-state index in [9.17, 15) is 0 Å². The van der Waals surface area contributed by atoms with Gasteiger partial charge in [-0.3, -0.25) is 0 Å². The molecule has 0 radical (unpaired) electrons. The van der Waals surface area contributed by atoms with Crippen LogP contribution in [0.2, 0.25) is 0 Å². The monoisotopic (exact) mass is 346 g/mol. The second kappa shape index (κ2) is 9.61. The maximum absolute atomic E-state index is 2.45. The number of allylic oxidation sites excluding steroid dienone is 2. The van der Waals surface area contributed by atoms with E-state index >= 15 is 0 Å². The minimum Gasteiger partial charge on any atom is -0.0859 e. The Bertz CT molecular complexity index is 402. The van der Waals surface area contributed by atoms with Crippen LogP contribution >= 0.6 is 0 Å². The average molecular weight is 347 g/mol. The Morgan fingerprint density at radius 1 is 1.04 bits per heavy atom. The molecule has 0 bridgehead atoms. The predicted octanol–water partition coefficient (Wildman–Crippen LogP) is 8.42. The third-order valence-corrected chi connectivity index (χ3v) is 7.14. The maximum Gasteiger partial charge on any atom is -0.0295 e. The van der Waals surface area contributed by atoms with Crippen LogP contribution in [0.4, 0.5) is 0 Å². The molecule has 0 nitrogen and oxygen atoms in total. The summed E-state index contributed by atoms with van der Waals surface area (Å²) in [7, 11) is 0. The fraction of sp³-hybridized carbons (Fsp3) is 0.920. The van der Waals surface area contributed by atoms with Crippen LogP contribution in [-0.4, -0.2) is 0 Å². The molecule has 2 rings (SSSR count). The number of hydrogen-bond acceptors (Lipinski definition) is 0. The molecule has 2 aliphatic rings. The Kier molecular flexibility index (Phi) is 8.09. The lowest BCUT2D eigenvalue weighted by atomic mass is 9.75. The van der Waals surface area contributed by atoms with E-state index in [1.165, 1.54) is 57.8 Å². The molecule has 146 valence electrons. The third kappa shape index (κ3) is 7.48. The normalized spacial score (nSPS) is 31.8. The van der Waals surface area contributed by atoms with Gasteiger partial charge >= 0.3 is 0 Å². The summed E-state index contributed by atoms with van der Waals surface area (Å²) in [5.41, 5.74) is 2.16. The van der Waals surface area contributed by atoms with E-state index in [1.807, 2.05) is 0 Å². The van der Waals surface area contributed by atoms with Crippen molar-refractivity contribution in [2.75, 3.05) is 0 Å². The Hall–Kier alpha value is -0.260. The molecule has 0 aromatic carbocycles. The summed E-state index contributed by atoms with van der Waals surface area (Å²) < 4.78 is 0. The van der Waals surface area contributed by atoms with E-state index < -0.39 is 0 Å². The molecule has 2 aliphatic carbocycles. The maximum atomic E-state index is 2.45. The van der Waals surface area contributed by atoms with Crippen LogP contribution in [0.15, 0.2) is 11.6 Å². The molecule has 0 amide bonds. The summed E-state index contributed by atoms with van der Waals surface area (Å²) in [5.74, 6) is 5.22. The van der Waals surface area contributed by atoms with Crippen LogP contribution in [-0.2, 0) is 0 Å². The van der Waals surface area contributed by atoms with Crippen molar-refractivity contribution in [2.45, 2.75) is 112 Å². The summed E-state index contributed by atoms with van der Waals surface area (Å²) in [5, 5.41) is 0. The van der Waals surface area contributed by atoms with Crippen molar-refractivity contribution in [3.63, 3.8) is 0 Å². The molecule has 0 saturated heterocycles. The van der Waals surface area contributed by atoms with Gasteiger partial charge in [0.2, 0.25) is 0 Å². The first-order chi connectivity index (χ1) is 11.8. The molecular weight excluding hydrogens is 300 g/mol. The van der Waals surface area contributed by atoms with Crippen LogP contribution in [0.1, 0.15) is 112 Å². The second-order valence-corrected chi connectivity index (χ2v) is 10.7. The van der Waals surface area contributed by atoms with Crippen LogP contribution in [0.3, 0.4) is 0 Å². The van der Waals surface area contributed by atoms with Gasteiger partial charge in [-0.25, -0.2) is 0 Å². The highest BCUT2D eigenvalue weighted by Gasteiger charge is 2.42. The van der Waals surface area contributed by atoms with Crippen molar-refractivity contribution in [2.24, 2.45) is 35.0 Å². The van der Waals surface area contributed by atoms with Crippen LogP contribution in [0.25, 0.3) is 0 Å². The van der Waals surface area contributed by atoms with E-state index in [-0.39, 0.29) is 0 Å². The zero-order chi connectivity index (χ0) is 18.4. The topological polar surface area (TPSA) is 0 Å². The van der Waals surface area contributed by atoms with Crippen molar-refractivity contribution < 1.29 is 0 Å². The fourth-order valence-electron chi connectivity index (χ4n) is 5.43. The van der Waals surface area contributed by atoms with Crippen molar-refractivity contribution in [3.05, 3.63) is 11.6 Å². The van der Waals surface area contributed by atoms with E-state index in [1.54, 1.807) is 18.4 Å². The standard InChI is InChI=1S/C25H46/c1-7-9-19(3)16-20-10-12-21(13-11-20)17-22(8-2)24-18-23(24)14-15-25(4,5)6/h9,20-24H,7-8,10-18H2,1-6H3. The highest BCUT2D eigenvalue weighted by atomic mass is 14.5. The Balaban J connectivity index is 1.69. The fourth-order valence-corrected chi connectivity index (χ4v) is 5.43. The summed E-state index contributed by atoms with van der Waals surface area (Å²) in [4.78, 5) is 0. The average Bonchev–Trinajstić information content (AvgIpc) is 3.31. The summed E-state index contributed by atoms with van der Waals surface area (Å²) >= 11 is 0. The summed E-state index contributed by atoms with van der Waals surface area (Å²) in [6, 6.07) is 0. The molecule has 25 heavy (non-hydrogen) atoms. The molecule has 3 atom stereocenters. The zero-order valence-electron chi connectivity index (χ0n) is 18.2. The Morgan fingerprint density at radius 3 is 2.24 bits per heavy atom. The lowest BCUT2D eigenvalue weighted by Crippen LogP contribution is -2.19. The highest BCUT2D eigenvalue weighted by Crippen LogP contribution is 2.52. The first-order valence-electron chi connectivity index (χ1n) is 11.5. The SMILES string of the molecule is CCC=C(C)CC1CCC(CC(CC)C2CC2CCC(C)(C)C)CC1. The van der Waals surface area contributed by atoms with Gasteiger partial charge in [-0.15, -0.1) is 0 Å². The van der Waals surface area contributed by atoms with Gasteiger partial charge < -0.3 is 0 Å². The predicted molar refractivity (Wildman–Crippen MR) is 113 cm³/mol. The van der Waals surface area contributed by atoms with E-state index in [0.29, 0.717) is 5.41 Å². The van der Waals surface area contributed by atoms with Gasteiger partial charge in [0, 0.05) is 0 Å². The first kappa shape index (κ1) is 21.0. The van der Waals surface area contributed by atoms with Crippen LogP contribution in [0, 0.1) is 35.0 Å². The molecule has 2 saturated carbocycles. The molecule has 0 aromatic heterocycles. The van der Waals surface area contributed by atoms with Crippen LogP contribution in [0.5, 0.6) is 0 Å². The molecular formula is C25H46. The van der Waals surface area contributed by atoms with Crippen molar-refractivity contribution in [1.29, 1.82) is 0 Å². The number of rotatable bonds is 9. The van der Waals surface area contributed by atoms with E-state index in [4.69, 9.17) is 0 Å². The second-order valence-electron chi connectivity index (χ2n) is 10.7. The lowest BCUT2D eigenvalue weighted by molar-refractivity contribution is 0.217. The molecule has 0 heterocycles. The van der Waals surface area contributed by atoms with Crippen LogP contribution < -0.4 is 0 Å². The van der Waals surface area contributed by atoms with Gasteiger partial charge in [-0.05, 0) is 93.3 Å². The smallest absolute Gasteiger partial charge is 0.0295 e. The van der Waals surface area contributed by atoms with Gasteiger partial charge in [-0.1, -0.05) is 65.5 Å². The van der Waals surface area contributed by atoms with E-state index in [0.717, 1.165) is 29.6 Å². The van der Waals surface area contributed by atoms with Gasteiger partial charge in [0.05, 0.1) is 0 Å². The summed E-state index contributed by atoms with van der Waals surface area (Å²) in [6.45, 7) is 14.3. The molecule has 0 heteroatoms. The minimum atomic E-state index is 0.525. The molecule has 2 fully saturated rings. The van der Waals surface area contributed by atoms with Gasteiger partial charge in [0.1, 0.15) is 0 Å². The van der Waals surface area contributed by atoms with Gasteiger partial charge in [-0.2, -0.15) is 0 Å². The quantitative estimate of drug-likeness (QED) is 0.367. The van der Waals surface area contributed by atoms with Crippen molar-refractivity contribution >= 4 is 0 Å². The highest BCUT2D eigenvalue weighted by molar-refractivity contribution is 4.99. The lowest BCUT2D eigenvalue weighted by Gasteiger charge is -2.31. The molecule has 0 N–H and O–H groups in total. The Labute approximate surface area is 159 Å². The zero-order valence-corrected chi connectivity index (χ0v) is 18.2. The van der Waals surface area contributed by atoms with Gasteiger partial charge in [0.25, 0.3) is 0 Å². The van der Waals surface area contributed by atoms with E-state index in [2.05, 4.69) is 47.6 Å². The molecule has 0 aromatic rings. The first-order valence-corrected chi connectivity index (χ1v) is 11.5.